The first-order valence-corrected chi connectivity index (χ1v) is 7.15. The van der Waals surface area contributed by atoms with Crippen molar-refractivity contribution in [3.8, 4) is 0 Å². The molecule has 3 rings (SSSR count). The lowest BCUT2D eigenvalue weighted by Crippen LogP contribution is -2.50. The van der Waals surface area contributed by atoms with Crippen LogP contribution in [0.1, 0.15) is 6.42 Å². The number of nitrogens with zero attached hydrogens (tertiary/aromatic N) is 1. The molecule has 6 nitrogen and oxygen atoms in total. The molecule has 112 valence electrons. The van der Waals surface area contributed by atoms with Crippen LogP contribution in [0.2, 0.25) is 0 Å². The van der Waals surface area contributed by atoms with Crippen LogP contribution >= 0.6 is 0 Å². The lowest BCUT2D eigenvalue weighted by atomic mass is 9.99. The molecule has 3 atom stereocenters. The van der Waals surface area contributed by atoms with E-state index in [-0.39, 0.29) is 30.1 Å². The van der Waals surface area contributed by atoms with E-state index in [1.54, 1.807) is 11.9 Å². The van der Waals surface area contributed by atoms with E-state index in [0.29, 0.717) is 19.5 Å². The van der Waals surface area contributed by atoms with Gasteiger partial charge in [-0.2, -0.15) is 0 Å². The Morgan fingerprint density at radius 3 is 2.71 bits per heavy atom. The Hall–Kier alpha value is -2.08. The number of para-hydroxylation sites is 1. The van der Waals surface area contributed by atoms with Crippen molar-refractivity contribution >= 4 is 17.6 Å². The van der Waals surface area contributed by atoms with E-state index in [1.165, 1.54) is 0 Å². The van der Waals surface area contributed by atoms with Gasteiger partial charge in [0, 0.05) is 25.8 Å². The molecule has 1 aromatic carbocycles. The maximum Gasteiger partial charge on any atom is 0.317 e. The van der Waals surface area contributed by atoms with Crippen molar-refractivity contribution < 1.29 is 14.3 Å². The number of carbonyl (C=O) groups excluding carboxylic acids is 2. The molecule has 0 aromatic heterocycles. The molecule has 2 fully saturated rings. The highest BCUT2D eigenvalue weighted by atomic mass is 16.5. The Kier molecular flexibility index (Phi) is 3.79. The van der Waals surface area contributed by atoms with Crippen molar-refractivity contribution in [2.75, 3.05) is 25.5 Å². The summed E-state index contributed by atoms with van der Waals surface area (Å²) in [6, 6.07) is 9.27. The number of likely N-dealkylation sites (tertiary alicyclic amines) is 1. The summed E-state index contributed by atoms with van der Waals surface area (Å²) in [6.07, 6.45) is 0.397. The predicted molar refractivity (Wildman–Crippen MR) is 77.9 cm³/mol. The van der Waals surface area contributed by atoms with Gasteiger partial charge in [0.05, 0.1) is 18.1 Å². The molecule has 0 saturated carbocycles. The van der Waals surface area contributed by atoms with Gasteiger partial charge >= 0.3 is 6.03 Å². The van der Waals surface area contributed by atoms with Crippen molar-refractivity contribution in [2.45, 2.75) is 18.6 Å². The summed E-state index contributed by atoms with van der Waals surface area (Å²) in [6.45, 7) is 1.01. The highest BCUT2D eigenvalue weighted by Crippen LogP contribution is 2.32. The summed E-state index contributed by atoms with van der Waals surface area (Å²) in [5.41, 5.74) is 0.784. The molecule has 6 heteroatoms. The van der Waals surface area contributed by atoms with Crippen LogP contribution in [0.15, 0.2) is 30.3 Å². The molecule has 2 N–H and O–H groups in total. The molecule has 2 heterocycles. The smallest absolute Gasteiger partial charge is 0.317 e. The number of benzene rings is 1. The Balaban J connectivity index is 1.65. The van der Waals surface area contributed by atoms with Gasteiger partial charge in [0.15, 0.2) is 0 Å². The van der Waals surface area contributed by atoms with Gasteiger partial charge in [-0.1, -0.05) is 18.2 Å². The molecule has 0 radical (unpaired) electrons. The second-order valence-electron chi connectivity index (χ2n) is 5.45. The number of urea groups is 1. The van der Waals surface area contributed by atoms with Gasteiger partial charge < -0.3 is 20.3 Å². The Morgan fingerprint density at radius 1 is 1.24 bits per heavy atom. The van der Waals surface area contributed by atoms with Gasteiger partial charge in [0.25, 0.3) is 0 Å². The molecule has 0 spiro atoms. The minimum Gasteiger partial charge on any atom is -0.370 e. The minimum atomic E-state index is -0.218. The van der Waals surface area contributed by atoms with Crippen LogP contribution in [0.4, 0.5) is 10.5 Å². The Labute approximate surface area is 123 Å². The summed E-state index contributed by atoms with van der Waals surface area (Å²) in [5.74, 6) is -0.239. The van der Waals surface area contributed by atoms with E-state index < -0.39 is 0 Å². The van der Waals surface area contributed by atoms with Gasteiger partial charge in [-0.15, -0.1) is 0 Å². The maximum absolute atomic E-state index is 12.4. The van der Waals surface area contributed by atoms with Crippen LogP contribution in [-0.4, -0.2) is 49.2 Å². The average molecular weight is 289 g/mol. The zero-order chi connectivity index (χ0) is 14.8. The molecule has 2 bridgehead atoms. The number of anilines is 1. The van der Waals surface area contributed by atoms with Crippen LogP contribution in [0.5, 0.6) is 0 Å². The standard InChI is InChI=1S/C15H19N3O3/c1-16-15(20)18-8-11-7-12(13(9-18)21-11)14(19)17-10-5-3-2-4-6-10/h2-6,11-13H,7-9H2,1H3,(H,16,20)(H,17,19)/t11-,12+,13-/m1/s1. The second-order valence-corrected chi connectivity index (χ2v) is 5.45. The molecule has 3 amide bonds. The van der Waals surface area contributed by atoms with Gasteiger partial charge in [-0.25, -0.2) is 4.79 Å². The van der Waals surface area contributed by atoms with Gasteiger partial charge in [-0.05, 0) is 18.6 Å². The van der Waals surface area contributed by atoms with Crippen LogP contribution in [0.25, 0.3) is 0 Å². The van der Waals surface area contributed by atoms with E-state index in [0.717, 1.165) is 5.69 Å². The molecular formula is C15H19N3O3. The third kappa shape index (κ3) is 2.85. The van der Waals surface area contributed by atoms with Gasteiger partial charge in [-0.3, -0.25) is 4.79 Å². The lowest BCUT2D eigenvalue weighted by Gasteiger charge is -2.32. The summed E-state index contributed by atoms with van der Waals surface area (Å²) in [7, 11) is 1.61. The minimum absolute atomic E-state index is 0.0348. The molecule has 21 heavy (non-hydrogen) atoms. The SMILES string of the molecule is CNC(=O)N1C[C@H]2C[C@H](C(=O)Nc3ccccc3)[C@@H](C1)O2. The molecule has 2 saturated heterocycles. The summed E-state index contributed by atoms with van der Waals surface area (Å²) >= 11 is 0. The van der Waals surface area contributed by atoms with E-state index in [1.807, 2.05) is 30.3 Å². The molecule has 0 unspecified atom stereocenters. The molecule has 0 aliphatic carbocycles. The lowest BCUT2D eigenvalue weighted by molar-refractivity contribution is -0.122. The van der Waals surface area contributed by atoms with Crippen LogP contribution in [0, 0.1) is 5.92 Å². The first-order chi connectivity index (χ1) is 10.2. The monoisotopic (exact) mass is 289 g/mol. The number of ether oxygens (including phenoxy) is 1. The molecule has 1 aromatic rings. The third-order valence-corrected chi connectivity index (χ3v) is 4.04. The second kappa shape index (κ2) is 5.73. The fourth-order valence-electron chi connectivity index (χ4n) is 3.01. The number of carbonyl (C=O) groups is 2. The van der Waals surface area contributed by atoms with Crippen molar-refractivity contribution in [1.82, 2.24) is 10.2 Å². The quantitative estimate of drug-likeness (QED) is 0.855. The highest BCUT2D eigenvalue weighted by molar-refractivity contribution is 5.93. The third-order valence-electron chi connectivity index (χ3n) is 4.04. The number of rotatable bonds is 2. The Morgan fingerprint density at radius 2 is 2.00 bits per heavy atom. The predicted octanol–water partition coefficient (Wildman–Crippen LogP) is 1.05. The zero-order valence-corrected chi connectivity index (χ0v) is 11.9. The number of morpholine rings is 1. The summed E-state index contributed by atoms with van der Waals surface area (Å²) in [5, 5.41) is 5.53. The van der Waals surface area contributed by atoms with E-state index >= 15 is 0 Å². The van der Waals surface area contributed by atoms with Crippen molar-refractivity contribution in [2.24, 2.45) is 5.92 Å². The number of hydrogen-bond donors (Lipinski definition) is 2. The van der Waals surface area contributed by atoms with Crippen LogP contribution in [0.3, 0.4) is 0 Å². The largest absolute Gasteiger partial charge is 0.370 e. The first kappa shape index (κ1) is 13.9. The topological polar surface area (TPSA) is 70.7 Å². The number of hydrogen-bond acceptors (Lipinski definition) is 3. The van der Waals surface area contributed by atoms with Gasteiger partial charge in [0.2, 0.25) is 5.91 Å². The van der Waals surface area contributed by atoms with Crippen molar-refractivity contribution in [3.63, 3.8) is 0 Å². The fraction of sp³-hybridized carbons (Fsp3) is 0.467. The Bertz CT molecular complexity index is 534. The summed E-state index contributed by atoms with van der Waals surface area (Å²) < 4.78 is 5.81. The molecule has 2 aliphatic rings. The van der Waals surface area contributed by atoms with E-state index in [2.05, 4.69) is 10.6 Å². The highest BCUT2D eigenvalue weighted by Gasteiger charge is 2.45. The van der Waals surface area contributed by atoms with Crippen LogP contribution < -0.4 is 10.6 Å². The van der Waals surface area contributed by atoms with Crippen molar-refractivity contribution in [3.05, 3.63) is 30.3 Å². The normalized spacial score (nSPS) is 27.3. The average Bonchev–Trinajstić information content (AvgIpc) is 2.81. The fourth-order valence-corrected chi connectivity index (χ4v) is 3.01. The maximum atomic E-state index is 12.4. The number of fused-ring (bicyclic) bond motifs is 2. The summed E-state index contributed by atoms with van der Waals surface area (Å²) in [4.78, 5) is 25.8. The van der Waals surface area contributed by atoms with Crippen molar-refractivity contribution in [1.29, 1.82) is 0 Å². The number of amides is 3. The molecule has 2 aliphatic heterocycles. The van der Waals surface area contributed by atoms with E-state index in [9.17, 15) is 9.59 Å². The van der Waals surface area contributed by atoms with Gasteiger partial charge in [0.1, 0.15) is 0 Å². The first-order valence-electron chi connectivity index (χ1n) is 7.15. The van der Waals surface area contributed by atoms with Crippen LogP contribution in [-0.2, 0) is 9.53 Å². The zero-order valence-electron chi connectivity index (χ0n) is 11.9. The number of nitrogens with one attached hydrogen (secondary N) is 2. The molecular weight excluding hydrogens is 270 g/mol. The van der Waals surface area contributed by atoms with E-state index in [4.69, 9.17) is 4.74 Å².